The monoisotopic (exact) mass is 283 g/mol. The molecule has 0 heterocycles. The molecule has 3 N–H and O–H groups in total. The third-order valence-corrected chi connectivity index (χ3v) is 5.07. The fraction of sp³-hybridized carbons (Fsp3) is 0.938. The highest BCUT2D eigenvalue weighted by Crippen LogP contribution is 2.35. The molecule has 4 heteroatoms. The van der Waals surface area contributed by atoms with E-state index in [-0.39, 0.29) is 11.4 Å². The van der Waals surface area contributed by atoms with Crippen molar-refractivity contribution in [2.45, 2.75) is 57.9 Å². The number of amides is 1. The van der Waals surface area contributed by atoms with E-state index in [1.807, 2.05) is 0 Å². The Morgan fingerprint density at radius 2 is 1.95 bits per heavy atom. The molecule has 0 spiro atoms. The minimum atomic E-state index is 0.195. The molecule has 1 unspecified atom stereocenters. The summed E-state index contributed by atoms with van der Waals surface area (Å²) in [4.78, 5) is 14.3. The maximum atomic E-state index is 12.0. The minimum absolute atomic E-state index is 0.195. The molecule has 1 aliphatic carbocycles. The van der Waals surface area contributed by atoms with Crippen LogP contribution >= 0.6 is 0 Å². The second kappa shape index (κ2) is 7.99. The van der Waals surface area contributed by atoms with Crippen molar-refractivity contribution in [3.05, 3.63) is 0 Å². The van der Waals surface area contributed by atoms with Gasteiger partial charge in [0.25, 0.3) is 0 Å². The van der Waals surface area contributed by atoms with Crippen LogP contribution in [0.1, 0.15) is 52.4 Å². The second-order valence-corrected chi connectivity index (χ2v) is 6.87. The smallest absolute Gasteiger partial charge is 0.220 e. The molecule has 118 valence electrons. The Morgan fingerprint density at radius 1 is 1.30 bits per heavy atom. The van der Waals surface area contributed by atoms with Crippen LogP contribution in [0.3, 0.4) is 0 Å². The Hall–Kier alpha value is -0.610. The van der Waals surface area contributed by atoms with Crippen LogP contribution in [0.25, 0.3) is 0 Å². The zero-order valence-electron chi connectivity index (χ0n) is 13.7. The van der Waals surface area contributed by atoms with Gasteiger partial charge < -0.3 is 16.0 Å². The highest BCUT2D eigenvalue weighted by Gasteiger charge is 2.39. The average Bonchev–Trinajstić information content (AvgIpc) is 2.32. The first-order valence-corrected chi connectivity index (χ1v) is 8.05. The standard InChI is InChI=1S/C16H33N3O/c1-13(2)14(8-11-17)6-7-15(20)18-12-16(19(3)4)9-5-10-16/h13-14H,5-12,17H2,1-4H3,(H,18,20). The number of carbonyl (C=O) groups excluding carboxylic acids is 1. The van der Waals surface area contributed by atoms with E-state index in [4.69, 9.17) is 5.73 Å². The highest BCUT2D eigenvalue weighted by molar-refractivity contribution is 5.75. The normalized spacial score (nSPS) is 18.9. The summed E-state index contributed by atoms with van der Waals surface area (Å²) in [6.07, 6.45) is 6.28. The SMILES string of the molecule is CC(C)C(CCN)CCC(=O)NCC1(N(C)C)CCC1. The molecule has 0 aliphatic heterocycles. The van der Waals surface area contributed by atoms with Crippen molar-refractivity contribution in [1.82, 2.24) is 10.2 Å². The van der Waals surface area contributed by atoms with Crippen LogP contribution in [-0.4, -0.2) is 43.5 Å². The lowest BCUT2D eigenvalue weighted by molar-refractivity contribution is -0.122. The maximum absolute atomic E-state index is 12.0. The molecule has 0 bridgehead atoms. The Kier molecular flexibility index (Phi) is 6.96. The van der Waals surface area contributed by atoms with Crippen molar-refractivity contribution >= 4 is 5.91 Å². The van der Waals surface area contributed by atoms with Gasteiger partial charge in [0.05, 0.1) is 0 Å². The zero-order valence-corrected chi connectivity index (χ0v) is 13.7. The first kappa shape index (κ1) is 17.4. The molecule has 0 saturated heterocycles. The van der Waals surface area contributed by atoms with Gasteiger partial charge in [-0.15, -0.1) is 0 Å². The van der Waals surface area contributed by atoms with Gasteiger partial charge in [-0.1, -0.05) is 13.8 Å². The first-order valence-electron chi connectivity index (χ1n) is 8.05. The van der Waals surface area contributed by atoms with Crippen molar-refractivity contribution in [2.75, 3.05) is 27.2 Å². The summed E-state index contributed by atoms with van der Waals surface area (Å²) in [7, 11) is 4.22. The molecule has 4 nitrogen and oxygen atoms in total. The number of rotatable bonds is 9. The summed E-state index contributed by atoms with van der Waals surface area (Å²) in [5.41, 5.74) is 5.85. The van der Waals surface area contributed by atoms with Gasteiger partial charge in [0.1, 0.15) is 0 Å². The van der Waals surface area contributed by atoms with Gasteiger partial charge in [-0.25, -0.2) is 0 Å². The summed E-state index contributed by atoms with van der Waals surface area (Å²) < 4.78 is 0. The molecule has 0 aromatic rings. The fourth-order valence-corrected chi connectivity index (χ4v) is 3.06. The second-order valence-electron chi connectivity index (χ2n) is 6.87. The lowest BCUT2D eigenvalue weighted by Gasteiger charge is -2.47. The molecule has 20 heavy (non-hydrogen) atoms. The van der Waals surface area contributed by atoms with Crippen molar-refractivity contribution in [3.8, 4) is 0 Å². The van der Waals surface area contributed by atoms with E-state index >= 15 is 0 Å². The lowest BCUT2D eigenvalue weighted by atomic mass is 9.75. The lowest BCUT2D eigenvalue weighted by Crippen LogP contribution is -2.57. The predicted octanol–water partition coefficient (Wildman–Crippen LogP) is 1.99. The van der Waals surface area contributed by atoms with E-state index in [0.29, 0.717) is 24.8 Å². The molecule has 1 saturated carbocycles. The Balaban J connectivity index is 2.29. The Morgan fingerprint density at radius 3 is 2.35 bits per heavy atom. The van der Waals surface area contributed by atoms with E-state index in [9.17, 15) is 4.79 Å². The van der Waals surface area contributed by atoms with E-state index in [2.05, 4.69) is 38.2 Å². The van der Waals surface area contributed by atoms with Crippen LogP contribution in [0.5, 0.6) is 0 Å². The predicted molar refractivity (Wildman–Crippen MR) is 84.5 cm³/mol. The van der Waals surface area contributed by atoms with E-state index < -0.39 is 0 Å². The maximum Gasteiger partial charge on any atom is 0.220 e. The number of likely N-dealkylation sites (N-methyl/N-ethyl adjacent to an activating group) is 1. The molecule has 1 aliphatic rings. The van der Waals surface area contributed by atoms with Crippen LogP contribution in [0.2, 0.25) is 0 Å². The first-order chi connectivity index (χ1) is 9.41. The fourth-order valence-electron chi connectivity index (χ4n) is 3.06. The number of nitrogens with two attached hydrogens (primary N) is 1. The minimum Gasteiger partial charge on any atom is -0.354 e. The third-order valence-electron chi connectivity index (χ3n) is 5.07. The van der Waals surface area contributed by atoms with Gasteiger partial charge in [0, 0.05) is 18.5 Å². The largest absolute Gasteiger partial charge is 0.354 e. The van der Waals surface area contributed by atoms with Crippen molar-refractivity contribution in [1.29, 1.82) is 0 Å². The highest BCUT2D eigenvalue weighted by atomic mass is 16.1. The van der Waals surface area contributed by atoms with Gasteiger partial charge in [0.2, 0.25) is 5.91 Å². The molecular formula is C16H33N3O. The van der Waals surface area contributed by atoms with Crippen LogP contribution in [-0.2, 0) is 4.79 Å². The van der Waals surface area contributed by atoms with Crippen LogP contribution in [0, 0.1) is 11.8 Å². The zero-order chi connectivity index (χ0) is 15.2. The Labute approximate surface area is 124 Å². The molecule has 1 rings (SSSR count). The topological polar surface area (TPSA) is 58.4 Å². The molecular weight excluding hydrogens is 250 g/mol. The number of nitrogens with one attached hydrogen (secondary N) is 1. The van der Waals surface area contributed by atoms with Crippen molar-refractivity contribution in [2.24, 2.45) is 17.6 Å². The quantitative estimate of drug-likeness (QED) is 0.680. The van der Waals surface area contributed by atoms with Crippen LogP contribution < -0.4 is 11.1 Å². The number of hydrogen-bond acceptors (Lipinski definition) is 3. The molecule has 0 aromatic heterocycles. The van der Waals surface area contributed by atoms with Gasteiger partial charge in [-0.3, -0.25) is 4.79 Å². The van der Waals surface area contributed by atoms with E-state index in [1.54, 1.807) is 0 Å². The van der Waals surface area contributed by atoms with Crippen molar-refractivity contribution in [3.63, 3.8) is 0 Å². The van der Waals surface area contributed by atoms with Gasteiger partial charge in [-0.2, -0.15) is 0 Å². The summed E-state index contributed by atoms with van der Waals surface area (Å²) in [6.45, 7) is 5.94. The average molecular weight is 283 g/mol. The molecule has 1 fully saturated rings. The van der Waals surface area contributed by atoms with Crippen LogP contribution in [0.15, 0.2) is 0 Å². The number of nitrogens with zero attached hydrogens (tertiary/aromatic N) is 1. The molecule has 1 atom stereocenters. The van der Waals surface area contributed by atoms with Crippen LogP contribution in [0.4, 0.5) is 0 Å². The van der Waals surface area contributed by atoms with E-state index in [0.717, 1.165) is 19.4 Å². The summed E-state index contributed by atoms with van der Waals surface area (Å²) in [5, 5.41) is 3.13. The van der Waals surface area contributed by atoms with Gasteiger partial charge in [0.15, 0.2) is 0 Å². The van der Waals surface area contributed by atoms with Gasteiger partial charge >= 0.3 is 0 Å². The summed E-state index contributed by atoms with van der Waals surface area (Å²) in [6, 6.07) is 0. The number of carbonyl (C=O) groups is 1. The number of hydrogen-bond donors (Lipinski definition) is 2. The summed E-state index contributed by atoms with van der Waals surface area (Å²) in [5.74, 6) is 1.36. The molecule has 0 radical (unpaired) electrons. The molecule has 1 amide bonds. The Bertz CT molecular complexity index is 298. The molecule has 0 aromatic carbocycles. The summed E-state index contributed by atoms with van der Waals surface area (Å²) >= 11 is 0. The van der Waals surface area contributed by atoms with Gasteiger partial charge in [-0.05, 0) is 64.6 Å². The third kappa shape index (κ3) is 4.74. The van der Waals surface area contributed by atoms with Crippen molar-refractivity contribution < 1.29 is 4.79 Å². The van der Waals surface area contributed by atoms with E-state index in [1.165, 1.54) is 19.3 Å².